The van der Waals surface area contributed by atoms with Gasteiger partial charge in [-0.1, -0.05) is 12.1 Å². The lowest BCUT2D eigenvalue weighted by Gasteiger charge is -2.25. The molecule has 3 rings (SSSR count). The van der Waals surface area contributed by atoms with Crippen LogP contribution in [0.15, 0.2) is 47.6 Å². The summed E-state index contributed by atoms with van der Waals surface area (Å²) >= 11 is 0. The molecule has 2 heterocycles. The predicted molar refractivity (Wildman–Crippen MR) is 83.8 cm³/mol. The van der Waals surface area contributed by atoms with Crippen LogP contribution in [-0.2, 0) is 14.3 Å². The molecule has 0 bridgehead atoms. The summed E-state index contributed by atoms with van der Waals surface area (Å²) in [6, 6.07) is 10.9. The Morgan fingerprint density at radius 1 is 1.09 bits per heavy atom. The zero-order valence-corrected chi connectivity index (χ0v) is 12.9. The minimum Gasteiger partial charge on any atom is -0.465 e. The lowest BCUT2D eigenvalue weighted by atomic mass is 10.0. The van der Waals surface area contributed by atoms with E-state index >= 15 is 0 Å². The van der Waals surface area contributed by atoms with Crippen molar-refractivity contribution in [3.05, 3.63) is 59.4 Å². The SMILES string of the molecule is COC(=O)C1=NCC(c2ccc(C(=O)OC)cc2)n2cccc21. The third kappa shape index (κ3) is 2.63. The van der Waals surface area contributed by atoms with E-state index in [1.807, 2.05) is 35.0 Å². The minimum atomic E-state index is -0.440. The molecule has 0 aliphatic carbocycles. The van der Waals surface area contributed by atoms with Crippen LogP contribution in [0.3, 0.4) is 0 Å². The molecule has 6 heteroatoms. The smallest absolute Gasteiger partial charge is 0.358 e. The Morgan fingerprint density at radius 3 is 2.43 bits per heavy atom. The lowest BCUT2D eigenvalue weighted by Crippen LogP contribution is -2.29. The van der Waals surface area contributed by atoms with E-state index in [1.165, 1.54) is 14.2 Å². The summed E-state index contributed by atoms with van der Waals surface area (Å²) in [5.74, 6) is -0.808. The minimum absolute atomic E-state index is 0.0277. The third-order valence-electron chi connectivity index (χ3n) is 3.87. The molecule has 1 unspecified atom stereocenters. The Bertz CT molecular complexity index is 774. The van der Waals surface area contributed by atoms with Crippen molar-refractivity contribution in [1.29, 1.82) is 0 Å². The number of aromatic nitrogens is 1. The van der Waals surface area contributed by atoms with E-state index in [1.54, 1.807) is 12.1 Å². The van der Waals surface area contributed by atoms with Crippen molar-refractivity contribution in [2.45, 2.75) is 6.04 Å². The fraction of sp³-hybridized carbons (Fsp3) is 0.235. The van der Waals surface area contributed by atoms with Gasteiger partial charge in [0.15, 0.2) is 5.71 Å². The zero-order chi connectivity index (χ0) is 16.4. The van der Waals surface area contributed by atoms with Crippen LogP contribution in [0.5, 0.6) is 0 Å². The molecule has 0 radical (unpaired) electrons. The van der Waals surface area contributed by atoms with E-state index in [4.69, 9.17) is 9.47 Å². The Hall–Kier alpha value is -2.89. The molecule has 1 atom stereocenters. The van der Waals surface area contributed by atoms with Gasteiger partial charge in [0.05, 0.1) is 38.1 Å². The van der Waals surface area contributed by atoms with Gasteiger partial charge in [0.1, 0.15) is 0 Å². The van der Waals surface area contributed by atoms with Crippen LogP contribution in [0.4, 0.5) is 0 Å². The van der Waals surface area contributed by atoms with Crippen molar-refractivity contribution in [1.82, 2.24) is 4.57 Å². The maximum absolute atomic E-state index is 11.8. The number of methoxy groups -OCH3 is 2. The second kappa shape index (κ2) is 6.08. The molecule has 0 saturated carbocycles. The topological polar surface area (TPSA) is 69.9 Å². The van der Waals surface area contributed by atoms with Crippen molar-refractivity contribution in [2.24, 2.45) is 4.99 Å². The highest BCUT2D eigenvalue weighted by molar-refractivity contribution is 6.43. The number of carbonyl (C=O) groups is 2. The van der Waals surface area contributed by atoms with Gasteiger partial charge in [-0.15, -0.1) is 0 Å². The third-order valence-corrected chi connectivity index (χ3v) is 3.87. The molecule has 0 spiro atoms. The molecule has 2 aromatic rings. The van der Waals surface area contributed by atoms with Crippen LogP contribution < -0.4 is 0 Å². The largest absolute Gasteiger partial charge is 0.465 e. The average molecular weight is 312 g/mol. The molecule has 1 aromatic carbocycles. The standard InChI is InChI=1S/C17H16N2O4/c1-22-16(20)12-7-5-11(6-8-12)14-10-18-15(17(21)23-2)13-4-3-9-19(13)14/h3-9,14H,10H2,1-2H3. The van der Waals surface area contributed by atoms with Gasteiger partial charge in [0, 0.05) is 6.20 Å². The molecular formula is C17H16N2O4. The van der Waals surface area contributed by atoms with Gasteiger partial charge in [-0.2, -0.15) is 0 Å². The van der Waals surface area contributed by atoms with Gasteiger partial charge in [0.2, 0.25) is 0 Å². The first-order valence-electron chi connectivity index (χ1n) is 7.14. The van der Waals surface area contributed by atoms with Crippen molar-refractivity contribution in [3.8, 4) is 0 Å². The summed E-state index contributed by atoms with van der Waals surface area (Å²) in [6.07, 6.45) is 1.91. The highest BCUT2D eigenvalue weighted by Crippen LogP contribution is 2.26. The van der Waals surface area contributed by atoms with Gasteiger partial charge in [-0.3, -0.25) is 4.99 Å². The molecule has 0 amide bonds. The number of benzene rings is 1. The number of esters is 2. The van der Waals surface area contributed by atoms with E-state index in [-0.39, 0.29) is 12.0 Å². The van der Waals surface area contributed by atoms with E-state index < -0.39 is 5.97 Å². The Morgan fingerprint density at radius 2 is 1.78 bits per heavy atom. The van der Waals surface area contributed by atoms with E-state index in [0.717, 1.165) is 11.3 Å². The number of aliphatic imine (C=N–C) groups is 1. The van der Waals surface area contributed by atoms with Crippen LogP contribution in [0.25, 0.3) is 0 Å². The average Bonchev–Trinajstić information content (AvgIpc) is 3.09. The fourth-order valence-corrected chi connectivity index (χ4v) is 2.70. The maximum Gasteiger partial charge on any atom is 0.358 e. The van der Waals surface area contributed by atoms with Gasteiger partial charge in [-0.25, -0.2) is 9.59 Å². The van der Waals surface area contributed by atoms with Crippen LogP contribution in [0, 0.1) is 0 Å². The summed E-state index contributed by atoms with van der Waals surface area (Å²) in [4.78, 5) is 27.7. The molecule has 118 valence electrons. The van der Waals surface area contributed by atoms with Crippen molar-refractivity contribution in [3.63, 3.8) is 0 Å². The predicted octanol–water partition coefficient (Wildman–Crippen LogP) is 1.84. The molecule has 23 heavy (non-hydrogen) atoms. The second-order valence-electron chi connectivity index (χ2n) is 5.11. The van der Waals surface area contributed by atoms with Crippen LogP contribution in [0.2, 0.25) is 0 Å². The first-order chi connectivity index (χ1) is 11.2. The summed E-state index contributed by atoms with van der Waals surface area (Å²) < 4.78 is 11.5. The first kappa shape index (κ1) is 15.0. The van der Waals surface area contributed by atoms with Gasteiger partial charge in [0.25, 0.3) is 0 Å². The summed E-state index contributed by atoms with van der Waals surface area (Å²) in [5.41, 5.74) is 2.56. The normalized spacial score (nSPS) is 16.3. The highest BCUT2D eigenvalue weighted by Gasteiger charge is 2.27. The van der Waals surface area contributed by atoms with E-state index in [2.05, 4.69) is 4.99 Å². The highest BCUT2D eigenvalue weighted by atomic mass is 16.5. The molecule has 1 aliphatic heterocycles. The summed E-state index contributed by atoms with van der Waals surface area (Å²) in [7, 11) is 2.70. The second-order valence-corrected chi connectivity index (χ2v) is 5.11. The lowest BCUT2D eigenvalue weighted by molar-refractivity contribution is -0.132. The van der Waals surface area contributed by atoms with Gasteiger partial charge in [-0.05, 0) is 29.8 Å². The van der Waals surface area contributed by atoms with Crippen molar-refractivity contribution >= 4 is 17.7 Å². The first-order valence-corrected chi connectivity index (χ1v) is 7.14. The number of hydrogen-bond acceptors (Lipinski definition) is 5. The molecule has 1 aromatic heterocycles. The van der Waals surface area contributed by atoms with Crippen LogP contribution in [-0.4, -0.2) is 43.0 Å². The molecule has 0 N–H and O–H groups in total. The summed E-state index contributed by atoms with van der Waals surface area (Å²) in [6.45, 7) is 0.434. The maximum atomic E-state index is 11.8. The zero-order valence-electron chi connectivity index (χ0n) is 12.9. The number of hydrogen-bond donors (Lipinski definition) is 0. The Kier molecular flexibility index (Phi) is 3.97. The molecule has 0 saturated heterocycles. The Balaban J connectivity index is 1.93. The number of rotatable bonds is 3. The van der Waals surface area contributed by atoms with Gasteiger partial charge >= 0.3 is 11.9 Å². The monoisotopic (exact) mass is 312 g/mol. The molecule has 1 aliphatic rings. The van der Waals surface area contributed by atoms with Gasteiger partial charge < -0.3 is 14.0 Å². The number of ether oxygens (including phenoxy) is 2. The number of nitrogens with zero attached hydrogens (tertiary/aromatic N) is 2. The van der Waals surface area contributed by atoms with Crippen molar-refractivity contribution < 1.29 is 19.1 Å². The number of carbonyl (C=O) groups excluding carboxylic acids is 2. The quantitative estimate of drug-likeness (QED) is 0.811. The fourth-order valence-electron chi connectivity index (χ4n) is 2.70. The van der Waals surface area contributed by atoms with E-state index in [0.29, 0.717) is 17.8 Å². The molecule has 6 nitrogen and oxygen atoms in total. The number of fused-ring (bicyclic) bond motifs is 1. The van der Waals surface area contributed by atoms with Crippen molar-refractivity contribution in [2.75, 3.05) is 20.8 Å². The van der Waals surface area contributed by atoms with Crippen LogP contribution in [0.1, 0.15) is 27.7 Å². The summed E-state index contributed by atoms with van der Waals surface area (Å²) in [5, 5.41) is 0. The van der Waals surface area contributed by atoms with E-state index in [9.17, 15) is 9.59 Å². The molecular weight excluding hydrogens is 296 g/mol. The Labute approximate surface area is 133 Å². The molecule has 0 fully saturated rings. The van der Waals surface area contributed by atoms with Crippen LogP contribution >= 0.6 is 0 Å².